The van der Waals surface area contributed by atoms with E-state index in [1.54, 1.807) is 36.4 Å². The number of hydrogen-bond acceptors (Lipinski definition) is 7. The molecule has 9 nitrogen and oxygen atoms in total. The molecule has 0 radical (unpaired) electrons. The molecule has 172 valence electrons. The molecule has 0 amide bonds. The highest BCUT2D eigenvalue weighted by atomic mass is 16.6. The molecule has 0 aliphatic rings. The number of para-hydroxylation sites is 2. The third-order valence-electron chi connectivity index (χ3n) is 5.16. The maximum Gasteiger partial charge on any atom is 0.280 e. The molecule has 4 aromatic carbocycles. The molecule has 0 saturated carbocycles. The summed E-state index contributed by atoms with van der Waals surface area (Å²) in [6.45, 7) is 0. The first-order chi connectivity index (χ1) is 16.8. The van der Waals surface area contributed by atoms with E-state index in [0.717, 1.165) is 0 Å². The van der Waals surface area contributed by atoms with Gasteiger partial charge in [0.15, 0.2) is 11.6 Å². The van der Waals surface area contributed by atoms with Gasteiger partial charge in [-0.15, -0.1) is 0 Å². The summed E-state index contributed by atoms with van der Waals surface area (Å²) in [6.07, 6.45) is 0. The van der Waals surface area contributed by atoms with Crippen LogP contribution in [0.4, 0.5) is 11.4 Å². The Bertz CT molecular complexity index is 1330. The summed E-state index contributed by atoms with van der Waals surface area (Å²) in [5.74, 6) is -0.160. The molecule has 4 aromatic rings. The molecule has 0 fully saturated rings. The van der Waals surface area contributed by atoms with Crippen LogP contribution < -0.4 is 4.74 Å². The number of carbonyl (C=O) groups is 2. The standard InChI is InChI=1S/C26H16N2O7/c29-25(21-5-1-3-7-23(21)27(31)32)17-9-13-19(14-10-17)35-20-15-11-18(12-16-20)26(30)22-6-2-4-8-24(22)28(33)34/h1-16H. The van der Waals surface area contributed by atoms with Crippen molar-refractivity contribution in [3.63, 3.8) is 0 Å². The number of ether oxygens (including phenoxy) is 1. The van der Waals surface area contributed by atoms with Gasteiger partial charge in [-0.1, -0.05) is 24.3 Å². The Morgan fingerprint density at radius 1 is 0.543 bits per heavy atom. The molecular weight excluding hydrogens is 452 g/mol. The zero-order valence-electron chi connectivity index (χ0n) is 18.0. The largest absolute Gasteiger partial charge is 0.457 e. The number of carbonyl (C=O) groups excluding carboxylic acids is 2. The fourth-order valence-electron chi connectivity index (χ4n) is 3.45. The first-order valence-corrected chi connectivity index (χ1v) is 10.3. The van der Waals surface area contributed by atoms with Crippen LogP contribution >= 0.6 is 0 Å². The Hall–Kier alpha value is -5.18. The third kappa shape index (κ3) is 4.93. The molecule has 0 N–H and O–H groups in total. The smallest absolute Gasteiger partial charge is 0.280 e. The molecule has 0 saturated heterocycles. The van der Waals surface area contributed by atoms with Crippen LogP contribution in [-0.2, 0) is 0 Å². The van der Waals surface area contributed by atoms with Gasteiger partial charge in [0.2, 0.25) is 0 Å². The van der Waals surface area contributed by atoms with Crippen molar-refractivity contribution in [2.45, 2.75) is 0 Å². The van der Waals surface area contributed by atoms with Gasteiger partial charge in [-0.2, -0.15) is 0 Å². The lowest BCUT2D eigenvalue weighted by molar-refractivity contribution is -0.385. The second-order valence-electron chi connectivity index (χ2n) is 7.36. The van der Waals surface area contributed by atoms with Crippen LogP contribution in [0.15, 0.2) is 97.1 Å². The SMILES string of the molecule is O=C(c1ccc(Oc2ccc(C(=O)c3ccccc3[N+](=O)[O-])cc2)cc1)c1ccccc1[N+](=O)[O-]. The van der Waals surface area contributed by atoms with E-state index in [4.69, 9.17) is 4.74 Å². The van der Waals surface area contributed by atoms with Gasteiger partial charge in [0, 0.05) is 23.3 Å². The van der Waals surface area contributed by atoms with Crippen molar-refractivity contribution >= 4 is 22.9 Å². The maximum absolute atomic E-state index is 12.7. The number of nitro benzene ring substituents is 2. The second kappa shape index (κ2) is 9.75. The lowest BCUT2D eigenvalue weighted by Gasteiger charge is -2.08. The van der Waals surface area contributed by atoms with E-state index in [2.05, 4.69) is 0 Å². The van der Waals surface area contributed by atoms with Crippen molar-refractivity contribution in [1.29, 1.82) is 0 Å². The van der Waals surface area contributed by atoms with Crippen molar-refractivity contribution in [3.8, 4) is 11.5 Å². The summed E-state index contributed by atoms with van der Waals surface area (Å²) in [5.41, 5.74) is -0.0362. The molecule has 0 heterocycles. The number of rotatable bonds is 8. The summed E-state index contributed by atoms with van der Waals surface area (Å²) in [6, 6.07) is 23.6. The lowest BCUT2D eigenvalue weighted by Crippen LogP contribution is -2.05. The van der Waals surface area contributed by atoms with Crippen LogP contribution in [0.25, 0.3) is 0 Å². The average Bonchev–Trinajstić information content (AvgIpc) is 2.88. The van der Waals surface area contributed by atoms with Crippen molar-refractivity contribution < 1.29 is 24.2 Å². The van der Waals surface area contributed by atoms with Gasteiger partial charge in [-0.25, -0.2) is 0 Å². The normalized spacial score (nSPS) is 10.4. The molecular formula is C26H16N2O7. The molecule has 9 heteroatoms. The Morgan fingerprint density at radius 3 is 1.23 bits per heavy atom. The molecule has 35 heavy (non-hydrogen) atoms. The molecule has 4 rings (SSSR count). The summed E-state index contributed by atoms with van der Waals surface area (Å²) >= 11 is 0. The highest BCUT2D eigenvalue weighted by Gasteiger charge is 2.21. The molecule has 0 atom stereocenters. The van der Waals surface area contributed by atoms with Gasteiger partial charge in [-0.3, -0.25) is 29.8 Å². The summed E-state index contributed by atoms with van der Waals surface area (Å²) in [7, 11) is 0. The maximum atomic E-state index is 12.7. The van der Waals surface area contributed by atoms with Gasteiger partial charge in [0.1, 0.15) is 22.6 Å². The summed E-state index contributed by atoms with van der Waals surface area (Å²) in [5, 5.41) is 22.4. The number of nitro groups is 2. The molecule has 0 aliphatic heterocycles. The van der Waals surface area contributed by atoms with E-state index in [1.165, 1.54) is 60.7 Å². The Kier molecular flexibility index (Phi) is 6.41. The topological polar surface area (TPSA) is 130 Å². The van der Waals surface area contributed by atoms with Crippen LogP contribution in [0.3, 0.4) is 0 Å². The minimum Gasteiger partial charge on any atom is -0.457 e. The number of benzene rings is 4. The van der Waals surface area contributed by atoms with Crippen molar-refractivity contribution in [2.24, 2.45) is 0 Å². The first-order valence-electron chi connectivity index (χ1n) is 10.3. The third-order valence-corrected chi connectivity index (χ3v) is 5.16. The van der Waals surface area contributed by atoms with Crippen LogP contribution in [-0.4, -0.2) is 21.4 Å². The van der Waals surface area contributed by atoms with Crippen molar-refractivity contribution in [1.82, 2.24) is 0 Å². The van der Waals surface area contributed by atoms with Gasteiger partial charge in [0.25, 0.3) is 11.4 Å². The second-order valence-corrected chi connectivity index (χ2v) is 7.36. The van der Waals surface area contributed by atoms with Gasteiger partial charge in [-0.05, 0) is 60.7 Å². The van der Waals surface area contributed by atoms with E-state index in [1.807, 2.05) is 0 Å². The Labute approximate surface area is 198 Å². The van der Waals surface area contributed by atoms with Gasteiger partial charge in [0.05, 0.1) is 9.85 Å². The highest BCUT2D eigenvalue weighted by molar-refractivity contribution is 6.12. The Morgan fingerprint density at radius 2 is 0.886 bits per heavy atom. The number of nitrogens with zero attached hydrogens (tertiary/aromatic N) is 2. The van der Waals surface area contributed by atoms with Crippen LogP contribution in [0.1, 0.15) is 31.8 Å². The molecule has 0 spiro atoms. The van der Waals surface area contributed by atoms with E-state index in [-0.39, 0.29) is 33.6 Å². The minimum absolute atomic E-state index is 0.00919. The summed E-state index contributed by atoms with van der Waals surface area (Å²) in [4.78, 5) is 46.6. The molecule has 0 aromatic heterocycles. The van der Waals surface area contributed by atoms with E-state index >= 15 is 0 Å². The first kappa shape index (κ1) is 23.0. The Balaban J connectivity index is 1.48. The fourth-order valence-corrected chi connectivity index (χ4v) is 3.45. The van der Waals surface area contributed by atoms with Gasteiger partial charge >= 0.3 is 0 Å². The zero-order chi connectivity index (χ0) is 24.9. The predicted octanol–water partition coefficient (Wildman–Crippen LogP) is 5.76. The number of ketones is 2. The van der Waals surface area contributed by atoms with Crippen molar-refractivity contribution in [3.05, 3.63) is 140 Å². The van der Waals surface area contributed by atoms with Crippen LogP contribution in [0.5, 0.6) is 11.5 Å². The summed E-state index contributed by atoms with van der Waals surface area (Å²) < 4.78 is 5.74. The van der Waals surface area contributed by atoms with Gasteiger partial charge < -0.3 is 4.74 Å². The van der Waals surface area contributed by atoms with E-state index in [0.29, 0.717) is 11.5 Å². The van der Waals surface area contributed by atoms with E-state index in [9.17, 15) is 29.8 Å². The lowest BCUT2D eigenvalue weighted by atomic mass is 10.0. The molecule has 0 bridgehead atoms. The monoisotopic (exact) mass is 468 g/mol. The quantitative estimate of drug-likeness (QED) is 0.183. The number of hydrogen-bond donors (Lipinski definition) is 0. The fraction of sp³-hybridized carbons (Fsp3) is 0. The van der Waals surface area contributed by atoms with Crippen molar-refractivity contribution in [2.75, 3.05) is 0 Å². The van der Waals surface area contributed by atoms with Crippen LogP contribution in [0.2, 0.25) is 0 Å². The molecule has 0 unspecified atom stereocenters. The zero-order valence-corrected chi connectivity index (χ0v) is 18.0. The minimum atomic E-state index is -0.602. The molecule has 0 aliphatic carbocycles. The highest BCUT2D eigenvalue weighted by Crippen LogP contribution is 2.27. The van der Waals surface area contributed by atoms with E-state index < -0.39 is 21.4 Å². The predicted molar refractivity (Wildman–Crippen MR) is 126 cm³/mol. The average molecular weight is 468 g/mol. The van der Waals surface area contributed by atoms with Crippen LogP contribution in [0, 0.1) is 20.2 Å².